The van der Waals surface area contributed by atoms with Crippen LogP contribution in [0.25, 0.3) is 0 Å². The predicted molar refractivity (Wildman–Crippen MR) is 121 cm³/mol. The van der Waals surface area contributed by atoms with Crippen molar-refractivity contribution in [2.75, 3.05) is 0 Å². The summed E-state index contributed by atoms with van der Waals surface area (Å²) in [6.45, 7) is 1.79. The summed E-state index contributed by atoms with van der Waals surface area (Å²) >= 11 is 0. The Morgan fingerprint density at radius 2 is 1.71 bits per heavy atom. The van der Waals surface area contributed by atoms with Gasteiger partial charge in [0.1, 0.15) is 23.0 Å². The normalized spacial score (nSPS) is 15.0. The van der Waals surface area contributed by atoms with Gasteiger partial charge in [-0.1, -0.05) is 19.3 Å². The Hall–Kier alpha value is -3.75. The summed E-state index contributed by atoms with van der Waals surface area (Å²) in [5.74, 6) is -0.251. The van der Waals surface area contributed by atoms with Crippen LogP contribution in [0, 0.1) is 6.92 Å². The highest BCUT2D eigenvalue weighted by molar-refractivity contribution is 6.35. The molecule has 34 heavy (non-hydrogen) atoms. The van der Waals surface area contributed by atoms with Gasteiger partial charge in [-0.05, 0) is 56.2 Å². The number of amides is 3. The fraction of sp³-hybridized carbons (Fsp3) is 0.400. The van der Waals surface area contributed by atoms with Crippen LogP contribution in [-0.4, -0.2) is 28.7 Å². The minimum absolute atomic E-state index is 0.0484. The highest BCUT2D eigenvalue weighted by Crippen LogP contribution is 2.26. The molecule has 3 aromatic heterocycles. The molecule has 3 aromatic rings. The monoisotopic (exact) mass is 467 g/mol. The molecule has 180 valence electrons. The average Bonchev–Trinajstić information content (AvgIpc) is 3.61. The Kier molecular flexibility index (Phi) is 7.51. The summed E-state index contributed by atoms with van der Waals surface area (Å²) in [5.41, 5.74) is 0. The maximum Gasteiger partial charge on any atom is 0.313 e. The van der Waals surface area contributed by atoms with Crippen LogP contribution < -0.4 is 10.6 Å². The topological polar surface area (TPSA) is 118 Å². The maximum atomic E-state index is 13.4. The van der Waals surface area contributed by atoms with Gasteiger partial charge in [-0.2, -0.15) is 0 Å². The number of rotatable bonds is 8. The van der Waals surface area contributed by atoms with E-state index in [1.54, 1.807) is 43.3 Å². The van der Waals surface area contributed by atoms with E-state index in [0.717, 1.165) is 32.1 Å². The molecule has 4 rings (SSSR count). The van der Waals surface area contributed by atoms with Crippen molar-refractivity contribution in [2.24, 2.45) is 0 Å². The Bertz CT molecular complexity index is 1080. The molecule has 0 saturated heterocycles. The van der Waals surface area contributed by atoms with Gasteiger partial charge in [0.15, 0.2) is 6.04 Å². The van der Waals surface area contributed by atoms with Crippen molar-refractivity contribution >= 4 is 17.7 Å². The zero-order valence-corrected chi connectivity index (χ0v) is 19.1. The van der Waals surface area contributed by atoms with Crippen LogP contribution >= 0.6 is 0 Å². The number of nitrogens with zero attached hydrogens (tertiary/aromatic N) is 1. The Morgan fingerprint density at radius 3 is 2.32 bits per heavy atom. The minimum atomic E-state index is -1.18. The van der Waals surface area contributed by atoms with E-state index in [1.807, 2.05) is 0 Å². The Balaban J connectivity index is 1.60. The third-order valence-corrected chi connectivity index (χ3v) is 5.91. The number of nitrogens with one attached hydrogen (secondary N) is 2. The van der Waals surface area contributed by atoms with Crippen LogP contribution in [0.1, 0.15) is 61.2 Å². The first-order chi connectivity index (χ1) is 16.5. The molecule has 9 nitrogen and oxygen atoms in total. The lowest BCUT2D eigenvalue weighted by molar-refractivity contribution is -0.151. The quantitative estimate of drug-likeness (QED) is 0.489. The molecule has 0 bridgehead atoms. The second kappa shape index (κ2) is 10.9. The van der Waals surface area contributed by atoms with Gasteiger partial charge < -0.3 is 28.8 Å². The molecule has 3 amide bonds. The van der Waals surface area contributed by atoms with E-state index >= 15 is 0 Å². The van der Waals surface area contributed by atoms with Crippen LogP contribution in [-0.2, 0) is 27.5 Å². The van der Waals surface area contributed by atoms with Crippen molar-refractivity contribution in [1.29, 1.82) is 0 Å². The highest BCUT2D eigenvalue weighted by atomic mass is 16.3. The third-order valence-electron chi connectivity index (χ3n) is 5.91. The van der Waals surface area contributed by atoms with E-state index in [4.69, 9.17) is 13.3 Å². The van der Waals surface area contributed by atoms with E-state index in [9.17, 15) is 14.4 Å². The van der Waals surface area contributed by atoms with Crippen molar-refractivity contribution in [3.8, 4) is 0 Å². The van der Waals surface area contributed by atoms with Crippen LogP contribution in [0.15, 0.2) is 62.2 Å². The second-order valence-corrected chi connectivity index (χ2v) is 8.47. The maximum absolute atomic E-state index is 13.4. The summed E-state index contributed by atoms with van der Waals surface area (Å²) in [6.07, 6.45) is 7.81. The molecule has 0 aliphatic heterocycles. The molecule has 1 saturated carbocycles. The Morgan fingerprint density at radius 1 is 1.00 bits per heavy atom. The van der Waals surface area contributed by atoms with Gasteiger partial charge in [-0.3, -0.25) is 14.4 Å². The van der Waals surface area contributed by atoms with Crippen molar-refractivity contribution in [1.82, 2.24) is 15.5 Å². The van der Waals surface area contributed by atoms with Gasteiger partial charge in [-0.25, -0.2) is 0 Å². The first-order valence-corrected chi connectivity index (χ1v) is 11.5. The molecular formula is C25H29N3O6. The lowest BCUT2D eigenvalue weighted by atomic mass is 9.95. The summed E-state index contributed by atoms with van der Waals surface area (Å²) < 4.78 is 16.5. The van der Waals surface area contributed by atoms with Gasteiger partial charge in [0.25, 0.3) is 5.91 Å². The molecule has 1 aliphatic carbocycles. The number of aryl methyl sites for hydroxylation is 1. The van der Waals surface area contributed by atoms with Crippen molar-refractivity contribution in [2.45, 2.75) is 64.2 Å². The lowest BCUT2D eigenvalue weighted by Crippen LogP contribution is -2.50. The molecule has 1 fully saturated rings. The third kappa shape index (κ3) is 5.78. The molecule has 0 spiro atoms. The molecule has 1 aliphatic rings. The molecule has 1 atom stereocenters. The summed E-state index contributed by atoms with van der Waals surface area (Å²) in [6, 6.07) is 8.93. The van der Waals surface area contributed by atoms with Gasteiger partial charge >= 0.3 is 11.8 Å². The molecule has 1 unspecified atom stereocenters. The van der Waals surface area contributed by atoms with E-state index < -0.39 is 23.8 Å². The van der Waals surface area contributed by atoms with Gasteiger partial charge in [0.2, 0.25) is 0 Å². The minimum Gasteiger partial charge on any atom is -0.467 e. The van der Waals surface area contributed by atoms with Gasteiger partial charge in [0.05, 0.1) is 25.6 Å². The second-order valence-electron chi connectivity index (χ2n) is 8.47. The molecular weight excluding hydrogens is 438 g/mol. The highest BCUT2D eigenvalue weighted by Gasteiger charge is 2.37. The lowest BCUT2D eigenvalue weighted by Gasteiger charge is -2.30. The number of hydrogen-bond acceptors (Lipinski definition) is 6. The number of carbonyl (C=O) groups is 3. The number of hydrogen-bond donors (Lipinski definition) is 2. The van der Waals surface area contributed by atoms with Crippen molar-refractivity contribution < 1.29 is 27.6 Å². The van der Waals surface area contributed by atoms with E-state index in [-0.39, 0.29) is 24.9 Å². The summed E-state index contributed by atoms with van der Waals surface area (Å²) in [5, 5.41) is 5.62. The number of furan rings is 3. The Labute approximate surface area is 197 Å². The largest absolute Gasteiger partial charge is 0.467 e. The fourth-order valence-corrected chi connectivity index (χ4v) is 4.18. The van der Waals surface area contributed by atoms with Crippen LogP contribution in [0.3, 0.4) is 0 Å². The zero-order chi connectivity index (χ0) is 23.9. The van der Waals surface area contributed by atoms with Gasteiger partial charge in [0, 0.05) is 6.04 Å². The van der Waals surface area contributed by atoms with Crippen LogP contribution in [0.4, 0.5) is 0 Å². The average molecular weight is 468 g/mol. The summed E-state index contributed by atoms with van der Waals surface area (Å²) in [4.78, 5) is 41.0. The van der Waals surface area contributed by atoms with E-state index in [0.29, 0.717) is 17.3 Å². The van der Waals surface area contributed by atoms with E-state index in [1.165, 1.54) is 17.4 Å². The van der Waals surface area contributed by atoms with Crippen molar-refractivity contribution in [3.05, 3.63) is 72.0 Å². The SMILES string of the molecule is Cc1ccc(C(C(=O)NCc2ccco2)N(Cc2ccco2)C(=O)C(=O)NC2CCCCC2)o1. The zero-order valence-electron chi connectivity index (χ0n) is 19.1. The summed E-state index contributed by atoms with van der Waals surface area (Å²) in [7, 11) is 0. The van der Waals surface area contributed by atoms with Crippen molar-refractivity contribution in [3.63, 3.8) is 0 Å². The first kappa shape index (κ1) is 23.4. The molecule has 0 radical (unpaired) electrons. The smallest absolute Gasteiger partial charge is 0.313 e. The predicted octanol–water partition coefficient (Wildman–Crippen LogP) is 3.61. The fourth-order valence-electron chi connectivity index (χ4n) is 4.18. The standard InChI is InChI=1S/C25H29N3O6/c1-17-11-12-21(34-17)22(23(29)26-15-19-9-5-13-32-19)28(16-20-10-6-14-33-20)25(31)24(30)27-18-7-3-2-4-8-18/h5-6,9-14,18,22H,2-4,7-8,15-16H2,1H3,(H,26,29)(H,27,30). The molecule has 0 aromatic carbocycles. The molecule has 2 N–H and O–H groups in total. The van der Waals surface area contributed by atoms with Crippen LogP contribution in [0.2, 0.25) is 0 Å². The molecule has 9 heteroatoms. The van der Waals surface area contributed by atoms with E-state index in [2.05, 4.69) is 10.6 Å². The molecule has 3 heterocycles. The van der Waals surface area contributed by atoms with Gasteiger partial charge in [-0.15, -0.1) is 0 Å². The first-order valence-electron chi connectivity index (χ1n) is 11.5. The number of carbonyl (C=O) groups excluding carboxylic acids is 3. The van der Waals surface area contributed by atoms with Crippen LogP contribution in [0.5, 0.6) is 0 Å².